The molecule has 3 heterocycles. The number of hydrogen-bond donors (Lipinski definition) is 0. The molecule has 2 saturated heterocycles. The number of carbonyl (C=O) groups excluding carboxylic acids is 1. The number of ether oxygens (including phenoxy) is 1. The molecule has 6 heteroatoms. The largest absolute Gasteiger partial charge is 0.376 e. The maximum atomic E-state index is 14.0. The molecule has 2 aromatic rings. The summed E-state index contributed by atoms with van der Waals surface area (Å²) < 4.78 is 19.8. The van der Waals surface area contributed by atoms with Gasteiger partial charge in [0.05, 0.1) is 11.0 Å². The van der Waals surface area contributed by atoms with Gasteiger partial charge in [-0.2, -0.15) is 0 Å². The number of likely N-dealkylation sites (tertiary alicyclic amines) is 1. The van der Waals surface area contributed by atoms with Crippen molar-refractivity contribution in [2.75, 3.05) is 32.8 Å². The van der Waals surface area contributed by atoms with Gasteiger partial charge in [0, 0.05) is 31.8 Å². The van der Waals surface area contributed by atoms with Crippen LogP contribution in [0.2, 0.25) is 0 Å². The number of nitrogens with zero attached hydrogens (tertiary/aromatic N) is 2. The highest BCUT2D eigenvalue weighted by atomic mass is 32.1. The molecule has 0 spiro atoms. The molecule has 0 unspecified atom stereocenters. The molecule has 4 nitrogen and oxygen atoms in total. The molecule has 1 amide bonds. The van der Waals surface area contributed by atoms with E-state index in [9.17, 15) is 9.18 Å². The number of thiophene rings is 1. The summed E-state index contributed by atoms with van der Waals surface area (Å²) in [6.45, 7) is 6.83. The van der Waals surface area contributed by atoms with Gasteiger partial charge in [0.2, 0.25) is 0 Å². The van der Waals surface area contributed by atoms with Crippen LogP contribution >= 0.6 is 11.3 Å². The van der Waals surface area contributed by atoms with Crippen molar-refractivity contribution in [1.82, 2.24) is 9.80 Å². The van der Waals surface area contributed by atoms with Crippen LogP contribution in [0.3, 0.4) is 0 Å². The van der Waals surface area contributed by atoms with E-state index in [1.54, 1.807) is 6.07 Å². The molecule has 0 aliphatic carbocycles. The first-order valence-electron chi connectivity index (χ1n) is 11.0. The van der Waals surface area contributed by atoms with Gasteiger partial charge < -0.3 is 9.64 Å². The Hall–Kier alpha value is -1.76. The van der Waals surface area contributed by atoms with Gasteiger partial charge >= 0.3 is 0 Å². The first kappa shape index (κ1) is 21.5. The Morgan fingerprint density at radius 3 is 2.67 bits per heavy atom. The third-order valence-corrected chi connectivity index (χ3v) is 7.33. The molecule has 2 aliphatic rings. The summed E-state index contributed by atoms with van der Waals surface area (Å²) in [7, 11) is 0. The lowest BCUT2D eigenvalue weighted by Gasteiger charge is -2.35. The van der Waals surface area contributed by atoms with E-state index >= 15 is 0 Å². The average Bonchev–Trinajstić information content (AvgIpc) is 3.42. The fourth-order valence-electron chi connectivity index (χ4n) is 4.52. The number of benzene rings is 1. The Balaban J connectivity index is 1.35. The lowest BCUT2D eigenvalue weighted by Crippen LogP contribution is -2.43. The molecular formula is C24H31FN2O2S. The van der Waals surface area contributed by atoms with Crippen LogP contribution in [0.5, 0.6) is 0 Å². The van der Waals surface area contributed by atoms with Crippen molar-refractivity contribution in [2.24, 2.45) is 5.92 Å². The number of hydrogen-bond acceptors (Lipinski definition) is 4. The third kappa shape index (κ3) is 5.29. The molecule has 2 aliphatic heterocycles. The van der Waals surface area contributed by atoms with Crippen LogP contribution in [0, 0.1) is 18.7 Å². The average molecular weight is 431 g/mol. The van der Waals surface area contributed by atoms with Gasteiger partial charge in [0.1, 0.15) is 5.82 Å². The summed E-state index contributed by atoms with van der Waals surface area (Å²) in [5, 5.41) is 1.99. The first-order chi connectivity index (χ1) is 14.6. The predicted octanol–water partition coefficient (Wildman–Crippen LogP) is 4.73. The Morgan fingerprint density at radius 1 is 1.20 bits per heavy atom. The standard InChI is InChI=1S/C24H31FN2O2S/c1-18-10-14-30-23(18)24(28)27(17-21-6-4-13-29-21)15-19-8-11-26(12-9-19)16-20-5-2-3-7-22(20)25/h2-3,5,7,10,14,19,21H,4,6,8-9,11-13,15-17H2,1H3/t21-/m0/s1. The minimum atomic E-state index is -0.126. The molecule has 30 heavy (non-hydrogen) atoms. The van der Waals surface area contributed by atoms with Crippen LogP contribution in [0.4, 0.5) is 4.39 Å². The van der Waals surface area contributed by atoms with E-state index in [-0.39, 0.29) is 17.8 Å². The summed E-state index contributed by atoms with van der Waals surface area (Å²) in [5.41, 5.74) is 1.82. The van der Waals surface area contributed by atoms with Gasteiger partial charge in [-0.05, 0) is 74.7 Å². The van der Waals surface area contributed by atoms with Gasteiger partial charge in [0.25, 0.3) is 5.91 Å². The van der Waals surface area contributed by atoms with Gasteiger partial charge in [-0.3, -0.25) is 9.69 Å². The zero-order valence-electron chi connectivity index (χ0n) is 17.7. The van der Waals surface area contributed by atoms with E-state index < -0.39 is 0 Å². The molecule has 2 fully saturated rings. The SMILES string of the molecule is Cc1ccsc1C(=O)N(CC1CCN(Cc2ccccc2F)CC1)C[C@@H]1CCCO1. The highest BCUT2D eigenvalue weighted by Crippen LogP contribution is 2.25. The Morgan fingerprint density at radius 2 is 2.00 bits per heavy atom. The zero-order valence-corrected chi connectivity index (χ0v) is 18.5. The van der Waals surface area contributed by atoms with Crippen LogP contribution in [-0.2, 0) is 11.3 Å². The van der Waals surface area contributed by atoms with Crippen LogP contribution in [0.1, 0.15) is 46.5 Å². The minimum Gasteiger partial charge on any atom is -0.376 e. The van der Waals surface area contributed by atoms with E-state index in [1.807, 2.05) is 35.4 Å². The van der Waals surface area contributed by atoms with Gasteiger partial charge in [0.15, 0.2) is 0 Å². The van der Waals surface area contributed by atoms with E-state index in [0.29, 0.717) is 19.0 Å². The Labute approximate surface area is 182 Å². The molecule has 1 aromatic carbocycles. The quantitative estimate of drug-likeness (QED) is 0.637. The van der Waals surface area contributed by atoms with E-state index in [2.05, 4.69) is 4.90 Å². The van der Waals surface area contributed by atoms with Crippen molar-refractivity contribution in [3.05, 3.63) is 57.5 Å². The minimum absolute atomic E-state index is 0.126. The second kappa shape index (κ2) is 10.0. The number of piperidine rings is 1. The van der Waals surface area contributed by atoms with E-state index in [4.69, 9.17) is 4.74 Å². The number of halogens is 1. The van der Waals surface area contributed by atoms with Crippen LogP contribution < -0.4 is 0 Å². The number of rotatable bonds is 7. The summed E-state index contributed by atoms with van der Waals surface area (Å²) in [6.07, 6.45) is 4.35. The lowest BCUT2D eigenvalue weighted by molar-refractivity contribution is 0.0447. The predicted molar refractivity (Wildman–Crippen MR) is 118 cm³/mol. The maximum absolute atomic E-state index is 14.0. The van der Waals surface area contributed by atoms with Crippen LogP contribution in [0.15, 0.2) is 35.7 Å². The molecule has 0 N–H and O–H groups in total. The second-order valence-electron chi connectivity index (χ2n) is 8.59. The van der Waals surface area contributed by atoms with Crippen LogP contribution in [0.25, 0.3) is 0 Å². The number of carbonyl (C=O) groups is 1. The molecule has 0 saturated carbocycles. The normalized spacial score (nSPS) is 20.5. The fraction of sp³-hybridized carbons (Fsp3) is 0.542. The Kier molecular flexibility index (Phi) is 7.18. The summed E-state index contributed by atoms with van der Waals surface area (Å²) >= 11 is 1.53. The van der Waals surface area contributed by atoms with Crippen molar-refractivity contribution in [1.29, 1.82) is 0 Å². The van der Waals surface area contributed by atoms with Crippen molar-refractivity contribution in [3.63, 3.8) is 0 Å². The summed E-state index contributed by atoms with van der Waals surface area (Å²) in [4.78, 5) is 18.5. The maximum Gasteiger partial charge on any atom is 0.264 e. The Bertz CT molecular complexity index is 841. The van der Waals surface area contributed by atoms with Gasteiger partial charge in [-0.25, -0.2) is 4.39 Å². The molecule has 1 aromatic heterocycles. The molecular weight excluding hydrogens is 399 g/mol. The third-order valence-electron chi connectivity index (χ3n) is 6.33. The molecule has 0 radical (unpaired) electrons. The lowest BCUT2D eigenvalue weighted by atomic mass is 9.95. The zero-order chi connectivity index (χ0) is 20.9. The summed E-state index contributed by atoms with van der Waals surface area (Å²) in [5.74, 6) is 0.499. The number of amides is 1. The molecule has 4 rings (SSSR count). The summed E-state index contributed by atoms with van der Waals surface area (Å²) in [6, 6.07) is 9.05. The second-order valence-corrected chi connectivity index (χ2v) is 9.50. The molecule has 0 bridgehead atoms. The van der Waals surface area contributed by atoms with E-state index in [0.717, 1.165) is 67.9 Å². The smallest absolute Gasteiger partial charge is 0.264 e. The fourth-order valence-corrected chi connectivity index (χ4v) is 5.41. The molecule has 162 valence electrons. The van der Waals surface area contributed by atoms with Crippen LogP contribution in [-0.4, -0.2) is 54.6 Å². The highest BCUT2D eigenvalue weighted by Gasteiger charge is 2.29. The number of aryl methyl sites for hydroxylation is 1. The van der Waals surface area contributed by atoms with Crippen molar-refractivity contribution in [2.45, 2.75) is 45.3 Å². The van der Waals surface area contributed by atoms with Gasteiger partial charge in [-0.1, -0.05) is 18.2 Å². The topological polar surface area (TPSA) is 32.8 Å². The first-order valence-corrected chi connectivity index (χ1v) is 11.9. The highest BCUT2D eigenvalue weighted by molar-refractivity contribution is 7.12. The van der Waals surface area contributed by atoms with Crippen molar-refractivity contribution in [3.8, 4) is 0 Å². The van der Waals surface area contributed by atoms with Crippen molar-refractivity contribution >= 4 is 17.2 Å². The molecule has 1 atom stereocenters. The van der Waals surface area contributed by atoms with Crippen molar-refractivity contribution < 1.29 is 13.9 Å². The van der Waals surface area contributed by atoms with Gasteiger partial charge in [-0.15, -0.1) is 11.3 Å². The monoisotopic (exact) mass is 430 g/mol. The van der Waals surface area contributed by atoms with E-state index in [1.165, 1.54) is 17.4 Å².